The Kier molecular flexibility index (Phi) is 3.29. The summed E-state index contributed by atoms with van der Waals surface area (Å²) in [6, 6.07) is 3.50. The lowest BCUT2D eigenvalue weighted by molar-refractivity contribution is 0.272. The minimum Gasteiger partial charge on any atom is -0.392 e. The summed E-state index contributed by atoms with van der Waals surface area (Å²) in [7, 11) is 0.891. The first-order valence-electron chi connectivity index (χ1n) is 3.68. The Morgan fingerprint density at radius 2 is 2.13 bits per heavy atom. The molecule has 1 N–H and O–H groups in total. The summed E-state index contributed by atoms with van der Waals surface area (Å²) in [5.74, 6) is -1.07. The predicted molar refractivity (Wildman–Crippen MR) is 50.1 cm³/mol. The zero-order valence-corrected chi connectivity index (χ0v) is 8.81. The highest BCUT2D eigenvalue weighted by Crippen LogP contribution is 2.24. The minimum atomic E-state index is -4.13. The molecule has 0 aliphatic heterocycles. The van der Waals surface area contributed by atoms with Crippen LogP contribution in [0.4, 0.5) is 4.39 Å². The van der Waals surface area contributed by atoms with Crippen LogP contribution in [0.25, 0.3) is 0 Å². The fourth-order valence-electron chi connectivity index (χ4n) is 1.07. The lowest BCUT2D eigenvalue weighted by atomic mass is 10.1. The van der Waals surface area contributed by atoms with Crippen molar-refractivity contribution in [1.82, 2.24) is 0 Å². The summed E-state index contributed by atoms with van der Waals surface area (Å²) in [4.78, 5) is -0.525. The van der Waals surface area contributed by atoms with Crippen molar-refractivity contribution in [2.75, 3.05) is 0 Å². The number of benzene rings is 1. The van der Waals surface area contributed by atoms with Crippen molar-refractivity contribution in [2.45, 2.75) is 11.5 Å². The quantitative estimate of drug-likeness (QED) is 0.797. The smallest absolute Gasteiger partial charge is 0.261 e. The van der Waals surface area contributed by atoms with E-state index in [1.807, 2.05) is 0 Å². The number of aliphatic hydroxyl groups excluding tert-OH is 1. The van der Waals surface area contributed by atoms with E-state index in [1.165, 1.54) is 6.07 Å². The number of hydrogen-bond acceptors (Lipinski definition) is 4. The molecule has 0 saturated heterocycles. The van der Waals surface area contributed by atoms with Crippen LogP contribution in [0, 0.1) is 17.1 Å². The van der Waals surface area contributed by atoms with Gasteiger partial charge in [0.05, 0.1) is 17.1 Å². The zero-order valence-electron chi connectivity index (χ0n) is 7.24. The minimum absolute atomic E-state index is 0.344. The van der Waals surface area contributed by atoms with Gasteiger partial charge in [-0.3, -0.25) is 0 Å². The number of nitriles is 1. The van der Waals surface area contributed by atoms with Gasteiger partial charge in [0.15, 0.2) is 0 Å². The Labute approximate surface area is 89.9 Å². The van der Waals surface area contributed by atoms with E-state index < -0.39 is 31.9 Å². The molecule has 80 valence electrons. The molecule has 1 aromatic carbocycles. The first kappa shape index (κ1) is 11.9. The highest BCUT2D eigenvalue weighted by atomic mass is 35.7. The maximum atomic E-state index is 13.4. The Hall–Kier alpha value is -1.16. The van der Waals surface area contributed by atoms with Crippen LogP contribution in [-0.4, -0.2) is 13.5 Å². The van der Waals surface area contributed by atoms with Crippen LogP contribution in [0.15, 0.2) is 17.0 Å². The van der Waals surface area contributed by atoms with Gasteiger partial charge >= 0.3 is 0 Å². The molecule has 0 saturated carbocycles. The van der Waals surface area contributed by atoms with Crippen LogP contribution in [0.1, 0.15) is 11.1 Å². The Bertz CT molecular complexity index is 536. The summed E-state index contributed by atoms with van der Waals surface area (Å²) >= 11 is 0. The number of nitrogens with zero attached hydrogens (tertiary/aromatic N) is 1. The van der Waals surface area contributed by atoms with Gasteiger partial charge in [-0.2, -0.15) is 5.26 Å². The van der Waals surface area contributed by atoms with Gasteiger partial charge in [0.25, 0.3) is 9.05 Å². The number of hydrogen-bond donors (Lipinski definition) is 1. The average Bonchev–Trinajstić information content (AvgIpc) is 2.15. The summed E-state index contributed by atoms with van der Waals surface area (Å²) in [6.45, 7) is -0.845. The van der Waals surface area contributed by atoms with Gasteiger partial charge in [0, 0.05) is 16.2 Å². The topological polar surface area (TPSA) is 78.2 Å². The molecule has 0 aliphatic carbocycles. The lowest BCUT2D eigenvalue weighted by Crippen LogP contribution is -2.03. The summed E-state index contributed by atoms with van der Waals surface area (Å²) in [5, 5.41) is 17.3. The van der Waals surface area contributed by atoms with Crippen molar-refractivity contribution in [1.29, 1.82) is 5.26 Å². The molecule has 0 heterocycles. The monoisotopic (exact) mass is 249 g/mol. The third kappa shape index (κ3) is 2.26. The molecule has 0 unspecified atom stereocenters. The van der Waals surface area contributed by atoms with Crippen molar-refractivity contribution in [3.63, 3.8) is 0 Å². The molecular weight excluding hydrogens is 245 g/mol. The fourth-order valence-corrected chi connectivity index (χ4v) is 2.18. The Morgan fingerprint density at radius 3 is 2.53 bits per heavy atom. The second kappa shape index (κ2) is 4.14. The number of halogens is 2. The highest BCUT2D eigenvalue weighted by molar-refractivity contribution is 8.13. The molecule has 0 spiro atoms. The van der Waals surface area contributed by atoms with Crippen molar-refractivity contribution >= 4 is 19.7 Å². The maximum absolute atomic E-state index is 13.4. The van der Waals surface area contributed by atoms with E-state index in [-0.39, 0.29) is 5.56 Å². The molecule has 0 amide bonds. The molecule has 4 nitrogen and oxygen atoms in total. The second-order valence-electron chi connectivity index (χ2n) is 2.61. The van der Waals surface area contributed by atoms with E-state index >= 15 is 0 Å². The van der Waals surface area contributed by atoms with Crippen LogP contribution in [-0.2, 0) is 15.7 Å². The number of aliphatic hydroxyl groups is 1. The first-order chi connectivity index (χ1) is 6.91. The highest BCUT2D eigenvalue weighted by Gasteiger charge is 2.20. The van der Waals surface area contributed by atoms with E-state index in [4.69, 9.17) is 21.1 Å². The summed E-state index contributed by atoms with van der Waals surface area (Å²) in [5.41, 5.74) is -0.841. The lowest BCUT2D eigenvalue weighted by Gasteiger charge is -2.05. The normalized spacial score (nSPS) is 11.1. The molecule has 1 rings (SSSR count). The van der Waals surface area contributed by atoms with Crippen LogP contribution < -0.4 is 0 Å². The van der Waals surface area contributed by atoms with Crippen LogP contribution in [0.5, 0.6) is 0 Å². The molecule has 7 heteroatoms. The van der Waals surface area contributed by atoms with Crippen molar-refractivity contribution in [3.8, 4) is 6.07 Å². The average molecular weight is 250 g/mol. The fraction of sp³-hybridized carbons (Fsp3) is 0.125. The van der Waals surface area contributed by atoms with Gasteiger partial charge in [0.2, 0.25) is 0 Å². The van der Waals surface area contributed by atoms with Crippen LogP contribution in [0.3, 0.4) is 0 Å². The Balaban J connectivity index is 3.61. The third-order valence-electron chi connectivity index (χ3n) is 1.74. The third-order valence-corrected chi connectivity index (χ3v) is 3.15. The zero-order chi connectivity index (χ0) is 11.6. The number of rotatable bonds is 2. The molecule has 0 aliphatic rings. The van der Waals surface area contributed by atoms with Crippen LogP contribution >= 0.6 is 10.7 Å². The van der Waals surface area contributed by atoms with Gasteiger partial charge in [-0.25, -0.2) is 12.8 Å². The largest absolute Gasteiger partial charge is 0.392 e. The SMILES string of the molecule is N#Cc1ccc(S(=O)(=O)Cl)c(CO)c1F. The van der Waals surface area contributed by atoms with Crippen molar-refractivity contribution < 1.29 is 17.9 Å². The van der Waals surface area contributed by atoms with Gasteiger partial charge in [-0.05, 0) is 12.1 Å². The molecule has 0 radical (unpaired) electrons. The summed E-state index contributed by atoms with van der Waals surface area (Å²) in [6.07, 6.45) is 0. The van der Waals surface area contributed by atoms with E-state index in [0.29, 0.717) is 0 Å². The van der Waals surface area contributed by atoms with Gasteiger partial charge in [0.1, 0.15) is 11.9 Å². The second-order valence-corrected chi connectivity index (χ2v) is 5.15. The standard InChI is InChI=1S/C8H5ClFNO3S/c9-15(13,14)7-2-1-5(3-11)8(10)6(7)4-12/h1-2,12H,4H2. The van der Waals surface area contributed by atoms with Gasteiger partial charge in [-0.15, -0.1) is 0 Å². The summed E-state index contributed by atoms with van der Waals surface area (Å²) < 4.78 is 35.3. The van der Waals surface area contributed by atoms with E-state index in [1.54, 1.807) is 0 Å². The van der Waals surface area contributed by atoms with E-state index in [0.717, 1.165) is 12.1 Å². The molecule has 0 bridgehead atoms. The molecule has 15 heavy (non-hydrogen) atoms. The Morgan fingerprint density at radius 1 is 1.53 bits per heavy atom. The molecule has 0 aromatic heterocycles. The molecule has 1 aromatic rings. The predicted octanol–water partition coefficient (Wildman–Crippen LogP) is 1.12. The van der Waals surface area contributed by atoms with Crippen molar-refractivity contribution in [2.24, 2.45) is 0 Å². The van der Waals surface area contributed by atoms with E-state index in [2.05, 4.69) is 0 Å². The first-order valence-corrected chi connectivity index (χ1v) is 5.99. The van der Waals surface area contributed by atoms with Gasteiger partial charge in [-0.1, -0.05) is 0 Å². The van der Waals surface area contributed by atoms with Crippen molar-refractivity contribution in [3.05, 3.63) is 29.1 Å². The molecular formula is C8H5ClFNO3S. The molecule has 0 fully saturated rings. The van der Waals surface area contributed by atoms with E-state index in [9.17, 15) is 12.8 Å². The van der Waals surface area contributed by atoms with Crippen LogP contribution in [0.2, 0.25) is 0 Å². The maximum Gasteiger partial charge on any atom is 0.261 e. The molecule has 0 atom stereocenters. The van der Waals surface area contributed by atoms with Gasteiger partial charge < -0.3 is 5.11 Å².